The maximum atomic E-state index is 12.2. The second-order valence-electron chi connectivity index (χ2n) is 6.01. The lowest BCUT2D eigenvalue weighted by molar-refractivity contribution is -0.148. The number of methoxy groups -OCH3 is 2. The summed E-state index contributed by atoms with van der Waals surface area (Å²) in [6.07, 6.45) is 1.85. The number of hydrogen-bond acceptors (Lipinski definition) is 6. The Bertz CT molecular complexity index is 838. The van der Waals surface area contributed by atoms with Crippen molar-refractivity contribution >= 4 is 23.6 Å². The van der Waals surface area contributed by atoms with Crippen molar-refractivity contribution in [1.82, 2.24) is 0 Å². The second kappa shape index (κ2) is 10.8. The van der Waals surface area contributed by atoms with E-state index in [0.717, 1.165) is 0 Å². The average molecular weight is 399 g/mol. The van der Waals surface area contributed by atoms with Gasteiger partial charge in [-0.05, 0) is 61.9 Å². The summed E-state index contributed by atoms with van der Waals surface area (Å²) in [6.45, 7) is 3.96. The van der Waals surface area contributed by atoms with E-state index in [4.69, 9.17) is 18.9 Å². The fourth-order valence-corrected chi connectivity index (χ4v) is 2.40. The van der Waals surface area contributed by atoms with E-state index in [1.807, 2.05) is 6.92 Å². The Kier molecular flexibility index (Phi) is 8.09. The lowest BCUT2D eigenvalue weighted by Gasteiger charge is -2.13. The van der Waals surface area contributed by atoms with E-state index < -0.39 is 18.0 Å². The lowest BCUT2D eigenvalue weighted by atomic mass is 10.2. The van der Waals surface area contributed by atoms with Crippen molar-refractivity contribution in [2.45, 2.75) is 20.0 Å². The number of ether oxygens (including phenoxy) is 4. The van der Waals surface area contributed by atoms with Crippen LogP contribution in [-0.2, 0) is 14.3 Å². The molecule has 0 bridgehead atoms. The number of nitrogens with one attached hydrogen (secondary N) is 1. The van der Waals surface area contributed by atoms with Crippen molar-refractivity contribution in [3.05, 3.63) is 54.1 Å². The molecular formula is C22H25NO6. The molecule has 0 aromatic heterocycles. The fourth-order valence-electron chi connectivity index (χ4n) is 2.40. The molecule has 0 unspecified atom stereocenters. The van der Waals surface area contributed by atoms with Gasteiger partial charge in [-0.25, -0.2) is 4.79 Å². The van der Waals surface area contributed by atoms with Crippen LogP contribution in [-0.4, -0.2) is 38.8 Å². The van der Waals surface area contributed by atoms with Gasteiger partial charge in [0, 0.05) is 17.8 Å². The molecule has 0 fully saturated rings. The Morgan fingerprint density at radius 1 is 1.00 bits per heavy atom. The predicted octanol–water partition coefficient (Wildman–Crippen LogP) is 3.69. The van der Waals surface area contributed by atoms with Crippen LogP contribution >= 0.6 is 0 Å². The molecular weight excluding hydrogens is 374 g/mol. The normalized spacial score (nSPS) is 11.6. The predicted molar refractivity (Wildman–Crippen MR) is 110 cm³/mol. The molecule has 1 atom stereocenters. The van der Waals surface area contributed by atoms with Gasteiger partial charge in [0.2, 0.25) is 0 Å². The molecule has 1 N–H and O–H groups in total. The summed E-state index contributed by atoms with van der Waals surface area (Å²) in [7, 11) is 3.09. The first-order chi connectivity index (χ1) is 13.9. The Hall–Kier alpha value is -3.48. The smallest absolute Gasteiger partial charge is 0.331 e. The van der Waals surface area contributed by atoms with E-state index in [9.17, 15) is 9.59 Å². The van der Waals surface area contributed by atoms with Gasteiger partial charge < -0.3 is 24.3 Å². The van der Waals surface area contributed by atoms with Crippen LogP contribution in [0.5, 0.6) is 17.2 Å². The molecule has 0 aliphatic carbocycles. The number of carbonyl (C=O) groups is 2. The molecule has 1 amide bonds. The molecule has 2 aromatic carbocycles. The topological polar surface area (TPSA) is 83.1 Å². The summed E-state index contributed by atoms with van der Waals surface area (Å²) >= 11 is 0. The van der Waals surface area contributed by atoms with Crippen LogP contribution in [0.15, 0.2) is 48.5 Å². The number of anilines is 1. The minimum absolute atomic E-state index is 0.432. The SMILES string of the molecule is CCOc1ccc(NC(=O)[C@H](C)OC(=O)/C=C/c2cc(OC)cc(OC)c2)cc1. The summed E-state index contributed by atoms with van der Waals surface area (Å²) in [5.74, 6) is 0.838. The van der Waals surface area contributed by atoms with E-state index in [1.54, 1.807) is 62.8 Å². The van der Waals surface area contributed by atoms with E-state index in [1.165, 1.54) is 13.0 Å². The van der Waals surface area contributed by atoms with Crippen molar-refractivity contribution < 1.29 is 28.5 Å². The number of rotatable bonds is 9. The molecule has 0 saturated carbocycles. The first kappa shape index (κ1) is 21.8. The standard InChI is InChI=1S/C22H25NO6/c1-5-28-18-9-7-17(8-10-18)23-22(25)15(2)29-21(24)11-6-16-12-19(26-3)14-20(13-16)27-4/h6-15H,5H2,1-4H3,(H,23,25)/b11-6+/t15-/m0/s1. The molecule has 0 heterocycles. The van der Waals surface area contributed by atoms with E-state index >= 15 is 0 Å². The Morgan fingerprint density at radius 3 is 2.17 bits per heavy atom. The molecule has 0 radical (unpaired) electrons. The number of hydrogen-bond donors (Lipinski definition) is 1. The number of esters is 1. The van der Waals surface area contributed by atoms with Gasteiger partial charge >= 0.3 is 5.97 Å². The van der Waals surface area contributed by atoms with Crippen molar-refractivity contribution in [2.75, 3.05) is 26.1 Å². The van der Waals surface area contributed by atoms with E-state index in [0.29, 0.717) is 35.1 Å². The monoisotopic (exact) mass is 399 g/mol. The van der Waals surface area contributed by atoms with Crippen LogP contribution in [0.25, 0.3) is 6.08 Å². The van der Waals surface area contributed by atoms with Crippen molar-refractivity contribution in [3.63, 3.8) is 0 Å². The highest BCUT2D eigenvalue weighted by molar-refractivity contribution is 5.96. The van der Waals surface area contributed by atoms with Gasteiger partial charge in [0.25, 0.3) is 5.91 Å². The summed E-state index contributed by atoms with van der Waals surface area (Å²) in [5, 5.41) is 2.69. The Balaban J connectivity index is 1.92. The minimum Gasteiger partial charge on any atom is -0.497 e. The Labute approximate surface area is 170 Å². The molecule has 154 valence electrons. The molecule has 0 aliphatic heterocycles. The summed E-state index contributed by atoms with van der Waals surface area (Å²) in [5.41, 5.74) is 1.28. The summed E-state index contributed by atoms with van der Waals surface area (Å²) < 4.78 is 20.9. The lowest BCUT2D eigenvalue weighted by Crippen LogP contribution is -2.29. The van der Waals surface area contributed by atoms with Crippen molar-refractivity contribution in [2.24, 2.45) is 0 Å². The fraction of sp³-hybridized carbons (Fsp3) is 0.273. The molecule has 29 heavy (non-hydrogen) atoms. The van der Waals surface area contributed by atoms with Crippen LogP contribution < -0.4 is 19.5 Å². The van der Waals surface area contributed by atoms with Gasteiger partial charge in [-0.15, -0.1) is 0 Å². The van der Waals surface area contributed by atoms with Gasteiger partial charge in [-0.2, -0.15) is 0 Å². The maximum Gasteiger partial charge on any atom is 0.331 e. The van der Waals surface area contributed by atoms with Crippen LogP contribution in [0.2, 0.25) is 0 Å². The second-order valence-corrected chi connectivity index (χ2v) is 6.01. The third kappa shape index (κ3) is 6.88. The van der Waals surface area contributed by atoms with Gasteiger partial charge in [-0.3, -0.25) is 4.79 Å². The van der Waals surface area contributed by atoms with Crippen molar-refractivity contribution in [3.8, 4) is 17.2 Å². The van der Waals surface area contributed by atoms with Crippen LogP contribution in [0.1, 0.15) is 19.4 Å². The van der Waals surface area contributed by atoms with Crippen LogP contribution in [0.3, 0.4) is 0 Å². The van der Waals surface area contributed by atoms with Gasteiger partial charge in [0.15, 0.2) is 6.10 Å². The first-order valence-electron chi connectivity index (χ1n) is 9.10. The molecule has 7 nitrogen and oxygen atoms in total. The molecule has 7 heteroatoms. The quantitative estimate of drug-likeness (QED) is 0.512. The largest absolute Gasteiger partial charge is 0.497 e. The number of benzene rings is 2. The van der Waals surface area contributed by atoms with Gasteiger partial charge in [0.05, 0.1) is 20.8 Å². The van der Waals surface area contributed by atoms with Crippen LogP contribution in [0, 0.1) is 0 Å². The molecule has 2 rings (SSSR count). The zero-order valence-corrected chi connectivity index (χ0v) is 16.9. The zero-order chi connectivity index (χ0) is 21.2. The number of amides is 1. The van der Waals surface area contributed by atoms with Gasteiger partial charge in [0.1, 0.15) is 17.2 Å². The van der Waals surface area contributed by atoms with Crippen LogP contribution in [0.4, 0.5) is 5.69 Å². The van der Waals surface area contributed by atoms with E-state index in [2.05, 4.69) is 5.32 Å². The molecule has 0 saturated heterocycles. The highest BCUT2D eigenvalue weighted by atomic mass is 16.5. The molecule has 2 aromatic rings. The first-order valence-corrected chi connectivity index (χ1v) is 9.10. The third-order valence-corrected chi connectivity index (χ3v) is 3.88. The average Bonchev–Trinajstić information content (AvgIpc) is 2.73. The molecule has 0 aliphatic rings. The number of carbonyl (C=O) groups excluding carboxylic acids is 2. The highest BCUT2D eigenvalue weighted by Crippen LogP contribution is 2.23. The zero-order valence-electron chi connectivity index (χ0n) is 16.9. The highest BCUT2D eigenvalue weighted by Gasteiger charge is 2.16. The molecule has 0 spiro atoms. The Morgan fingerprint density at radius 2 is 1.62 bits per heavy atom. The van der Waals surface area contributed by atoms with Gasteiger partial charge in [-0.1, -0.05) is 0 Å². The third-order valence-electron chi connectivity index (χ3n) is 3.88. The van der Waals surface area contributed by atoms with Crippen molar-refractivity contribution in [1.29, 1.82) is 0 Å². The summed E-state index contributed by atoms with van der Waals surface area (Å²) in [6, 6.07) is 12.1. The van der Waals surface area contributed by atoms with E-state index in [-0.39, 0.29) is 0 Å². The maximum absolute atomic E-state index is 12.2. The minimum atomic E-state index is -0.960. The summed E-state index contributed by atoms with van der Waals surface area (Å²) in [4.78, 5) is 24.3.